The highest BCUT2D eigenvalue weighted by molar-refractivity contribution is 6.01. The normalized spacial score (nSPS) is 39.9. The van der Waals surface area contributed by atoms with Crippen LogP contribution in [0.15, 0.2) is 11.1 Å². The monoisotopic (exact) mass is 320 g/mol. The van der Waals surface area contributed by atoms with Crippen LogP contribution < -0.4 is 0 Å². The Hall–Kier alpha value is -1.36. The van der Waals surface area contributed by atoms with Crippen LogP contribution in [0.3, 0.4) is 0 Å². The molecular formula is C18H24O5. The number of ether oxygens (including phenoxy) is 3. The lowest BCUT2D eigenvalue weighted by atomic mass is 9.74. The van der Waals surface area contributed by atoms with Crippen molar-refractivity contribution in [2.24, 2.45) is 16.7 Å². The molecule has 4 aliphatic rings. The first-order valence-corrected chi connectivity index (χ1v) is 8.44. The Morgan fingerprint density at radius 3 is 2.35 bits per heavy atom. The van der Waals surface area contributed by atoms with Crippen molar-refractivity contribution in [2.75, 3.05) is 20.8 Å². The molecule has 1 spiro atoms. The standard InChI is InChI=1S/C18H24O5/c1-11-7-17(14(19)21-2,15(20)22-3)8-12(11)16-5-4-6-18(10-23-18)13(16)9-16/h13H,4-10H2,1-3H3. The van der Waals surface area contributed by atoms with Crippen molar-refractivity contribution in [1.29, 1.82) is 0 Å². The third-order valence-electron chi connectivity index (χ3n) is 6.76. The van der Waals surface area contributed by atoms with Crippen molar-refractivity contribution in [3.05, 3.63) is 11.1 Å². The summed E-state index contributed by atoms with van der Waals surface area (Å²) in [5.74, 6) is -0.374. The third kappa shape index (κ3) is 1.83. The molecule has 23 heavy (non-hydrogen) atoms. The molecule has 2 saturated carbocycles. The van der Waals surface area contributed by atoms with Crippen LogP contribution >= 0.6 is 0 Å². The third-order valence-corrected chi connectivity index (χ3v) is 6.76. The molecule has 0 radical (unpaired) electrons. The minimum absolute atomic E-state index is 0.104. The number of allylic oxidation sites excluding steroid dienone is 2. The largest absolute Gasteiger partial charge is 0.468 e. The fourth-order valence-corrected chi connectivity index (χ4v) is 5.51. The summed E-state index contributed by atoms with van der Waals surface area (Å²) in [5, 5.41) is 0. The van der Waals surface area contributed by atoms with E-state index in [9.17, 15) is 9.59 Å². The second-order valence-corrected chi connectivity index (χ2v) is 7.80. The molecule has 5 nitrogen and oxygen atoms in total. The van der Waals surface area contributed by atoms with Crippen molar-refractivity contribution < 1.29 is 23.8 Å². The van der Waals surface area contributed by atoms with E-state index < -0.39 is 17.4 Å². The van der Waals surface area contributed by atoms with Crippen molar-refractivity contribution >= 4 is 11.9 Å². The Balaban J connectivity index is 1.65. The van der Waals surface area contributed by atoms with Gasteiger partial charge in [0.05, 0.1) is 26.4 Å². The molecule has 0 N–H and O–H groups in total. The number of hydrogen-bond acceptors (Lipinski definition) is 5. The Labute approximate surface area is 136 Å². The van der Waals surface area contributed by atoms with E-state index in [0.717, 1.165) is 32.3 Å². The smallest absolute Gasteiger partial charge is 0.323 e. The topological polar surface area (TPSA) is 65.1 Å². The fraction of sp³-hybridized carbons (Fsp3) is 0.778. The zero-order valence-corrected chi connectivity index (χ0v) is 14.1. The van der Waals surface area contributed by atoms with Gasteiger partial charge in [0.15, 0.2) is 5.41 Å². The van der Waals surface area contributed by atoms with Crippen molar-refractivity contribution in [1.82, 2.24) is 0 Å². The summed E-state index contributed by atoms with van der Waals surface area (Å²) in [6.45, 7) is 2.94. The zero-order valence-electron chi connectivity index (χ0n) is 14.1. The van der Waals surface area contributed by atoms with E-state index in [2.05, 4.69) is 6.92 Å². The molecule has 3 unspecified atom stereocenters. The lowest BCUT2D eigenvalue weighted by Gasteiger charge is -2.30. The molecule has 0 aromatic rings. The van der Waals surface area contributed by atoms with Crippen LogP contribution in [0, 0.1) is 16.7 Å². The lowest BCUT2D eigenvalue weighted by molar-refractivity contribution is -0.168. The van der Waals surface area contributed by atoms with E-state index in [1.165, 1.54) is 25.4 Å². The summed E-state index contributed by atoms with van der Waals surface area (Å²) >= 11 is 0. The fourth-order valence-electron chi connectivity index (χ4n) is 5.51. The highest BCUT2D eigenvalue weighted by Gasteiger charge is 2.73. The maximum absolute atomic E-state index is 12.4. The van der Waals surface area contributed by atoms with Crippen LogP contribution in [0.1, 0.15) is 45.4 Å². The van der Waals surface area contributed by atoms with Gasteiger partial charge in [-0.1, -0.05) is 11.1 Å². The average molecular weight is 320 g/mol. The van der Waals surface area contributed by atoms with Gasteiger partial charge in [-0.05, 0) is 50.9 Å². The average Bonchev–Trinajstić information content (AvgIpc) is 3.46. The van der Waals surface area contributed by atoms with Crippen LogP contribution in [0.25, 0.3) is 0 Å². The van der Waals surface area contributed by atoms with Crippen molar-refractivity contribution in [3.8, 4) is 0 Å². The Bertz CT molecular complexity index is 599. The molecule has 1 aliphatic heterocycles. The molecule has 5 heteroatoms. The second-order valence-electron chi connectivity index (χ2n) is 7.80. The van der Waals surface area contributed by atoms with Gasteiger partial charge >= 0.3 is 11.9 Å². The molecule has 3 aliphatic carbocycles. The number of fused-ring (bicyclic) bond motifs is 2. The molecule has 4 rings (SSSR count). The van der Waals surface area contributed by atoms with Gasteiger partial charge in [0.2, 0.25) is 0 Å². The summed E-state index contributed by atoms with van der Waals surface area (Å²) in [5.41, 5.74) is 1.55. The van der Waals surface area contributed by atoms with E-state index in [1.54, 1.807) is 0 Å². The predicted octanol–water partition coefficient (Wildman–Crippen LogP) is 2.39. The van der Waals surface area contributed by atoms with E-state index >= 15 is 0 Å². The first-order chi connectivity index (χ1) is 10.9. The first-order valence-electron chi connectivity index (χ1n) is 8.44. The number of methoxy groups -OCH3 is 2. The highest BCUT2D eigenvalue weighted by Crippen LogP contribution is 2.75. The van der Waals surface area contributed by atoms with Gasteiger partial charge in [-0.25, -0.2) is 0 Å². The summed E-state index contributed by atoms with van der Waals surface area (Å²) in [6, 6.07) is 0. The van der Waals surface area contributed by atoms with E-state index in [4.69, 9.17) is 14.2 Å². The first kappa shape index (κ1) is 15.2. The summed E-state index contributed by atoms with van der Waals surface area (Å²) in [6.07, 6.45) is 5.47. The van der Waals surface area contributed by atoms with Crippen LogP contribution in [0.4, 0.5) is 0 Å². The minimum atomic E-state index is -1.18. The number of hydrogen-bond donors (Lipinski definition) is 0. The zero-order chi connectivity index (χ0) is 16.5. The van der Waals surface area contributed by atoms with Gasteiger partial charge in [0, 0.05) is 5.92 Å². The van der Waals surface area contributed by atoms with Gasteiger partial charge in [-0.2, -0.15) is 0 Å². The Morgan fingerprint density at radius 2 is 1.78 bits per heavy atom. The molecule has 1 saturated heterocycles. The molecule has 0 bridgehead atoms. The van der Waals surface area contributed by atoms with E-state index in [-0.39, 0.29) is 11.0 Å². The summed E-state index contributed by atoms with van der Waals surface area (Å²) < 4.78 is 15.7. The molecular weight excluding hydrogens is 296 g/mol. The van der Waals surface area contributed by atoms with Gasteiger partial charge in [0.1, 0.15) is 0 Å². The number of epoxide rings is 1. The number of esters is 2. The molecule has 0 aromatic carbocycles. The van der Waals surface area contributed by atoms with Crippen LogP contribution in [-0.2, 0) is 23.8 Å². The minimum Gasteiger partial charge on any atom is -0.468 e. The van der Waals surface area contributed by atoms with Gasteiger partial charge < -0.3 is 14.2 Å². The van der Waals surface area contributed by atoms with Crippen molar-refractivity contribution in [2.45, 2.75) is 51.0 Å². The van der Waals surface area contributed by atoms with Crippen LogP contribution in [0.2, 0.25) is 0 Å². The molecule has 1 heterocycles. The van der Waals surface area contributed by atoms with Crippen molar-refractivity contribution in [3.63, 3.8) is 0 Å². The Kier molecular flexibility index (Phi) is 3.03. The SMILES string of the molecule is COC(=O)C1(C(=O)OC)CC(C)=C(C23CCCC4(CO4)C2C3)C1. The number of carbonyl (C=O) groups is 2. The van der Waals surface area contributed by atoms with E-state index in [1.807, 2.05) is 0 Å². The highest BCUT2D eigenvalue weighted by atomic mass is 16.6. The lowest BCUT2D eigenvalue weighted by Crippen LogP contribution is -2.40. The van der Waals surface area contributed by atoms with Gasteiger partial charge in [-0.3, -0.25) is 9.59 Å². The maximum Gasteiger partial charge on any atom is 0.323 e. The Morgan fingerprint density at radius 1 is 1.13 bits per heavy atom. The molecule has 3 atom stereocenters. The maximum atomic E-state index is 12.4. The van der Waals surface area contributed by atoms with Crippen LogP contribution in [0.5, 0.6) is 0 Å². The molecule has 0 aromatic heterocycles. The molecule has 126 valence electrons. The quantitative estimate of drug-likeness (QED) is 0.346. The van der Waals surface area contributed by atoms with E-state index in [0.29, 0.717) is 18.8 Å². The van der Waals surface area contributed by atoms with Gasteiger partial charge in [0.25, 0.3) is 0 Å². The predicted molar refractivity (Wildman–Crippen MR) is 81.5 cm³/mol. The molecule has 0 amide bonds. The molecule has 3 fully saturated rings. The summed E-state index contributed by atoms with van der Waals surface area (Å²) in [7, 11) is 2.68. The number of carbonyl (C=O) groups excluding carboxylic acids is 2. The number of rotatable bonds is 3. The summed E-state index contributed by atoms with van der Waals surface area (Å²) in [4.78, 5) is 24.8. The van der Waals surface area contributed by atoms with Gasteiger partial charge in [-0.15, -0.1) is 0 Å². The van der Waals surface area contributed by atoms with Crippen LogP contribution in [-0.4, -0.2) is 38.4 Å². The second kappa shape index (κ2) is 4.59.